The van der Waals surface area contributed by atoms with Crippen LogP contribution in [-0.4, -0.2) is 44.0 Å². The smallest absolute Gasteiger partial charge is 0.224 e. The molecule has 0 unspecified atom stereocenters. The fourth-order valence-corrected chi connectivity index (χ4v) is 2.98. The summed E-state index contributed by atoms with van der Waals surface area (Å²) in [7, 11) is 4.27. The Hall–Kier alpha value is -1.99. The van der Waals surface area contributed by atoms with Gasteiger partial charge in [0, 0.05) is 43.3 Å². The van der Waals surface area contributed by atoms with Crippen molar-refractivity contribution in [3.05, 3.63) is 23.8 Å². The summed E-state index contributed by atoms with van der Waals surface area (Å²) >= 11 is 0. The molecule has 0 radical (unpaired) electrons. The highest BCUT2D eigenvalue weighted by Gasteiger charge is 2.25. The maximum atomic E-state index is 11.9. The zero-order valence-corrected chi connectivity index (χ0v) is 14.4. The minimum absolute atomic E-state index is 0.0302. The van der Waals surface area contributed by atoms with Crippen molar-refractivity contribution in [3.8, 4) is 12.3 Å². The van der Waals surface area contributed by atoms with Crippen molar-refractivity contribution in [2.45, 2.75) is 38.6 Å². The number of nitrogens with one attached hydrogen (secondary N) is 1. The fraction of sp³-hybridized carbons (Fsp3) is 0.526. The van der Waals surface area contributed by atoms with Crippen LogP contribution in [-0.2, 0) is 4.79 Å². The predicted molar refractivity (Wildman–Crippen MR) is 96.8 cm³/mol. The molecule has 1 aromatic carbocycles. The molecule has 0 saturated carbocycles. The zero-order chi connectivity index (χ0) is 16.8. The molecule has 4 heteroatoms. The van der Waals surface area contributed by atoms with Crippen molar-refractivity contribution in [2.75, 3.05) is 37.4 Å². The normalized spacial score (nSPS) is 17.3. The number of carbonyl (C=O) groups is 1. The van der Waals surface area contributed by atoms with E-state index in [9.17, 15) is 4.79 Å². The topological polar surface area (TPSA) is 35.6 Å². The molecule has 1 N–H and O–H groups in total. The van der Waals surface area contributed by atoms with Crippen molar-refractivity contribution < 1.29 is 4.79 Å². The fourth-order valence-electron chi connectivity index (χ4n) is 2.98. The summed E-state index contributed by atoms with van der Waals surface area (Å²) in [5.74, 6) is 2.59. The number of anilines is 2. The van der Waals surface area contributed by atoms with Gasteiger partial charge >= 0.3 is 0 Å². The van der Waals surface area contributed by atoms with Crippen LogP contribution in [0.2, 0.25) is 0 Å². The lowest BCUT2D eigenvalue weighted by molar-refractivity contribution is -0.116. The number of hydrogen-bond acceptors (Lipinski definition) is 3. The molecule has 1 atom stereocenters. The van der Waals surface area contributed by atoms with Gasteiger partial charge in [-0.1, -0.05) is 6.07 Å². The van der Waals surface area contributed by atoms with Crippen LogP contribution in [0, 0.1) is 19.3 Å². The highest BCUT2D eigenvalue weighted by molar-refractivity contribution is 5.91. The maximum absolute atomic E-state index is 11.9. The lowest BCUT2D eigenvalue weighted by Gasteiger charge is -2.24. The van der Waals surface area contributed by atoms with Crippen LogP contribution >= 0.6 is 0 Å². The molecule has 4 nitrogen and oxygen atoms in total. The van der Waals surface area contributed by atoms with Crippen LogP contribution < -0.4 is 10.2 Å². The second-order valence-corrected chi connectivity index (χ2v) is 6.46. The molecule has 124 valence electrons. The number of carbonyl (C=O) groups excluding carboxylic acids is 1. The van der Waals surface area contributed by atoms with E-state index in [-0.39, 0.29) is 5.91 Å². The third-order valence-corrected chi connectivity index (χ3v) is 4.45. The van der Waals surface area contributed by atoms with Crippen LogP contribution in [0.25, 0.3) is 0 Å². The number of rotatable bonds is 6. The van der Waals surface area contributed by atoms with E-state index in [1.54, 1.807) is 0 Å². The molecular weight excluding hydrogens is 286 g/mol. The average molecular weight is 313 g/mol. The highest BCUT2D eigenvalue weighted by atomic mass is 16.1. The van der Waals surface area contributed by atoms with Gasteiger partial charge in [0.25, 0.3) is 0 Å². The van der Waals surface area contributed by atoms with Gasteiger partial charge in [-0.05, 0) is 51.6 Å². The van der Waals surface area contributed by atoms with Gasteiger partial charge in [-0.2, -0.15) is 0 Å². The number of terminal acetylenes is 1. The minimum atomic E-state index is 0.0302. The summed E-state index contributed by atoms with van der Waals surface area (Å²) in [6.45, 7) is 4.22. The van der Waals surface area contributed by atoms with Crippen molar-refractivity contribution in [3.63, 3.8) is 0 Å². The second kappa shape index (κ2) is 8.03. The first-order chi connectivity index (χ1) is 11.0. The lowest BCUT2D eigenvalue weighted by atomic mass is 10.1. The number of likely N-dealkylation sites (N-methyl/N-ethyl adjacent to an activating group) is 1. The third kappa shape index (κ3) is 4.74. The van der Waals surface area contributed by atoms with Crippen molar-refractivity contribution in [2.24, 2.45) is 0 Å². The Kier molecular flexibility index (Phi) is 6.06. The molecule has 0 aromatic heterocycles. The summed E-state index contributed by atoms with van der Waals surface area (Å²) in [5, 5.41) is 2.98. The Morgan fingerprint density at radius 2 is 2.26 bits per heavy atom. The van der Waals surface area contributed by atoms with Gasteiger partial charge in [-0.25, -0.2) is 0 Å². The lowest BCUT2D eigenvalue weighted by Crippen LogP contribution is -2.31. The summed E-state index contributed by atoms with van der Waals surface area (Å²) in [5.41, 5.74) is 3.33. The number of unbranched alkanes of at least 4 members (excludes halogenated alkanes) is 1. The van der Waals surface area contributed by atoms with Gasteiger partial charge in [0.05, 0.1) is 0 Å². The molecule has 1 aliphatic rings. The molecule has 0 spiro atoms. The number of aryl methyl sites for hydroxylation is 1. The van der Waals surface area contributed by atoms with E-state index < -0.39 is 0 Å². The monoisotopic (exact) mass is 313 g/mol. The molecule has 1 amide bonds. The average Bonchev–Trinajstić information content (AvgIpc) is 2.99. The first-order valence-electron chi connectivity index (χ1n) is 8.26. The number of hydrogen-bond donors (Lipinski definition) is 1. The van der Waals surface area contributed by atoms with E-state index in [0.717, 1.165) is 25.2 Å². The van der Waals surface area contributed by atoms with E-state index in [1.807, 2.05) is 6.07 Å². The molecule has 1 saturated heterocycles. The second-order valence-electron chi connectivity index (χ2n) is 6.46. The van der Waals surface area contributed by atoms with Gasteiger partial charge in [0.1, 0.15) is 0 Å². The zero-order valence-electron chi connectivity index (χ0n) is 14.4. The summed E-state index contributed by atoms with van der Waals surface area (Å²) in [6.07, 6.45) is 8.24. The quantitative estimate of drug-likeness (QED) is 0.648. The highest BCUT2D eigenvalue weighted by Crippen LogP contribution is 2.28. The Morgan fingerprint density at radius 3 is 2.91 bits per heavy atom. The van der Waals surface area contributed by atoms with Crippen LogP contribution in [0.5, 0.6) is 0 Å². The van der Waals surface area contributed by atoms with Crippen molar-refractivity contribution >= 4 is 17.3 Å². The van der Waals surface area contributed by atoms with Crippen LogP contribution in [0.4, 0.5) is 11.4 Å². The molecule has 1 heterocycles. The van der Waals surface area contributed by atoms with E-state index in [1.165, 1.54) is 17.7 Å². The molecule has 0 aliphatic carbocycles. The van der Waals surface area contributed by atoms with E-state index in [4.69, 9.17) is 6.42 Å². The van der Waals surface area contributed by atoms with Gasteiger partial charge in [-0.15, -0.1) is 12.3 Å². The Labute approximate surface area is 139 Å². The number of benzene rings is 1. The third-order valence-electron chi connectivity index (χ3n) is 4.45. The maximum Gasteiger partial charge on any atom is 0.224 e. The number of amides is 1. The molecule has 23 heavy (non-hydrogen) atoms. The van der Waals surface area contributed by atoms with Crippen molar-refractivity contribution in [1.82, 2.24) is 4.90 Å². The summed E-state index contributed by atoms with van der Waals surface area (Å²) in [4.78, 5) is 16.6. The number of nitrogens with zero attached hydrogens (tertiary/aromatic N) is 2. The molecule has 0 bridgehead atoms. The molecule has 1 fully saturated rings. The standard InChI is InChI=1S/C19H27N3O/c1-5-6-7-8-19(23)20-16-10-9-15(2)18(13-16)22-12-11-17(14-22)21(3)4/h1,9-10,13,17H,6-8,11-12,14H2,2-4H3,(H,20,23)/t17-/m0/s1. The molecule has 2 rings (SSSR count). The van der Waals surface area contributed by atoms with Gasteiger partial charge in [-0.3, -0.25) is 4.79 Å². The van der Waals surface area contributed by atoms with Crippen LogP contribution in [0.3, 0.4) is 0 Å². The molecule has 1 aliphatic heterocycles. The van der Waals surface area contributed by atoms with Crippen LogP contribution in [0.15, 0.2) is 18.2 Å². The van der Waals surface area contributed by atoms with Gasteiger partial charge < -0.3 is 15.1 Å². The molecular formula is C19H27N3O. The van der Waals surface area contributed by atoms with Crippen LogP contribution in [0.1, 0.15) is 31.2 Å². The Balaban J connectivity index is 2.02. The first-order valence-corrected chi connectivity index (χ1v) is 8.26. The van der Waals surface area contributed by atoms with Gasteiger partial charge in [0.15, 0.2) is 0 Å². The molecule has 1 aromatic rings. The van der Waals surface area contributed by atoms with E-state index in [2.05, 4.69) is 54.2 Å². The predicted octanol–water partition coefficient (Wildman–Crippen LogP) is 2.88. The largest absolute Gasteiger partial charge is 0.370 e. The first kappa shape index (κ1) is 17.4. The SMILES string of the molecule is C#CCCCC(=O)Nc1ccc(C)c(N2CC[C@H](N(C)C)C2)c1. The van der Waals surface area contributed by atoms with E-state index in [0.29, 0.717) is 18.9 Å². The van der Waals surface area contributed by atoms with Gasteiger partial charge in [0.2, 0.25) is 5.91 Å². The van der Waals surface area contributed by atoms with E-state index >= 15 is 0 Å². The van der Waals surface area contributed by atoms with Crippen molar-refractivity contribution in [1.29, 1.82) is 0 Å². The summed E-state index contributed by atoms with van der Waals surface area (Å²) in [6, 6.07) is 6.73. The Morgan fingerprint density at radius 1 is 1.48 bits per heavy atom. The summed E-state index contributed by atoms with van der Waals surface area (Å²) < 4.78 is 0. The minimum Gasteiger partial charge on any atom is -0.370 e. The Bertz CT molecular complexity index is 589.